The topological polar surface area (TPSA) is 32.3 Å². The maximum Gasteiger partial charge on any atom is 0.227 e. The molecule has 1 fully saturated rings. The van der Waals surface area contributed by atoms with Gasteiger partial charge in [0, 0.05) is 35.3 Å². The highest BCUT2D eigenvalue weighted by atomic mass is 32.2. The van der Waals surface area contributed by atoms with Crippen molar-refractivity contribution in [2.75, 3.05) is 29.6 Å². The zero-order valence-corrected chi connectivity index (χ0v) is 15.1. The number of hydrogen-bond donors (Lipinski definition) is 1. The third-order valence-electron chi connectivity index (χ3n) is 4.60. The predicted octanol–water partition coefficient (Wildman–Crippen LogP) is 4.57. The number of carbonyl (C=O) groups is 1. The Balaban J connectivity index is 1.55. The van der Waals surface area contributed by atoms with Crippen LogP contribution in [-0.2, 0) is 4.79 Å². The standard InChI is InChI=1S/C20H24N2OS/c1-15-6-8-18(9-7-15)22-12-10-16(11-13-22)20(23)21-17-4-3-5-19(14-17)24-2/h3-9,14,16H,10-13H2,1-2H3,(H,21,23). The minimum atomic E-state index is 0.102. The molecule has 0 saturated carbocycles. The molecule has 0 bridgehead atoms. The lowest BCUT2D eigenvalue weighted by molar-refractivity contribution is -0.120. The molecule has 1 N–H and O–H groups in total. The molecule has 1 heterocycles. The third kappa shape index (κ3) is 4.12. The van der Waals surface area contributed by atoms with Gasteiger partial charge >= 0.3 is 0 Å². The van der Waals surface area contributed by atoms with Gasteiger partial charge in [0.2, 0.25) is 5.91 Å². The molecule has 0 radical (unpaired) electrons. The van der Waals surface area contributed by atoms with E-state index >= 15 is 0 Å². The van der Waals surface area contributed by atoms with E-state index in [9.17, 15) is 4.79 Å². The summed E-state index contributed by atoms with van der Waals surface area (Å²) < 4.78 is 0. The molecule has 0 unspecified atom stereocenters. The number of thioether (sulfide) groups is 1. The molecule has 1 aliphatic rings. The number of aryl methyl sites for hydroxylation is 1. The van der Waals surface area contributed by atoms with Crippen molar-refractivity contribution in [3.8, 4) is 0 Å². The molecule has 24 heavy (non-hydrogen) atoms. The first-order valence-electron chi connectivity index (χ1n) is 8.42. The molecule has 2 aromatic rings. The summed E-state index contributed by atoms with van der Waals surface area (Å²) in [6, 6.07) is 16.7. The normalized spacial score (nSPS) is 15.3. The number of hydrogen-bond acceptors (Lipinski definition) is 3. The number of benzene rings is 2. The molecule has 1 saturated heterocycles. The molecule has 126 valence electrons. The van der Waals surface area contributed by atoms with Gasteiger partial charge in [-0.2, -0.15) is 0 Å². The van der Waals surface area contributed by atoms with Crippen molar-refractivity contribution in [2.45, 2.75) is 24.7 Å². The van der Waals surface area contributed by atoms with Gasteiger partial charge in [0.25, 0.3) is 0 Å². The van der Waals surface area contributed by atoms with Gasteiger partial charge in [-0.15, -0.1) is 11.8 Å². The molecule has 1 aliphatic heterocycles. The Morgan fingerprint density at radius 2 is 1.83 bits per heavy atom. The van der Waals surface area contributed by atoms with E-state index in [1.54, 1.807) is 11.8 Å². The number of anilines is 2. The third-order valence-corrected chi connectivity index (χ3v) is 5.33. The first kappa shape index (κ1) is 16.9. The first-order chi connectivity index (χ1) is 11.7. The Bertz CT molecular complexity index is 691. The van der Waals surface area contributed by atoms with E-state index in [-0.39, 0.29) is 11.8 Å². The van der Waals surface area contributed by atoms with E-state index in [1.807, 2.05) is 24.5 Å². The van der Waals surface area contributed by atoms with Crippen molar-refractivity contribution in [3.05, 3.63) is 54.1 Å². The number of piperidine rings is 1. The maximum atomic E-state index is 12.5. The fourth-order valence-electron chi connectivity index (χ4n) is 3.10. The second-order valence-electron chi connectivity index (χ2n) is 6.32. The minimum Gasteiger partial charge on any atom is -0.371 e. The highest BCUT2D eigenvalue weighted by Gasteiger charge is 2.25. The van der Waals surface area contributed by atoms with E-state index in [4.69, 9.17) is 0 Å². The summed E-state index contributed by atoms with van der Waals surface area (Å²) in [5.41, 5.74) is 3.43. The molecule has 4 heteroatoms. The van der Waals surface area contributed by atoms with Crippen LogP contribution in [0.3, 0.4) is 0 Å². The molecule has 1 amide bonds. The van der Waals surface area contributed by atoms with Crippen LogP contribution in [0.4, 0.5) is 11.4 Å². The van der Waals surface area contributed by atoms with E-state index in [1.165, 1.54) is 16.1 Å². The summed E-state index contributed by atoms with van der Waals surface area (Å²) in [6.45, 7) is 3.98. The van der Waals surface area contributed by atoms with Gasteiger partial charge in [0.05, 0.1) is 0 Å². The van der Waals surface area contributed by atoms with Crippen molar-refractivity contribution < 1.29 is 4.79 Å². The predicted molar refractivity (Wildman–Crippen MR) is 103 cm³/mol. The minimum absolute atomic E-state index is 0.102. The lowest BCUT2D eigenvalue weighted by Crippen LogP contribution is -2.38. The second kappa shape index (κ2) is 7.75. The van der Waals surface area contributed by atoms with Crippen LogP contribution in [0, 0.1) is 12.8 Å². The SMILES string of the molecule is CSc1cccc(NC(=O)C2CCN(c3ccc(C)cc3)CC2)c1. The van der Waals surface area contributed by atoms with Crippen LogP contribution in [0.5, 0.6) is 0 Å². The van der Waals surface area contributed by atoms with Crippen molar-refractivity contribution in [1.82, 2.24) is 0 Å². The van der Waals surface area contributed by atoms with Crippen molar-refractivity contribution >= 4 is 29.0 Å². The Morgan fingerprint density at radius 3 is 2.50 bits per heavy atom. The summed E-state index contributed by atoms with van der Waals surface area (Å²) in [5.74, 6) is 0.251. The summed E-state index contributed by atoms with van der Waals surface area (Å²) in [6.07, 6.45) is 3.85. The largest absolute Gasteiger partial charge is 0.371 e. The van der Waals surface area contributed by atoms with Crippen LogP contribution >= 0.6 is 11.8 Å². The monoisotopic (exact) mass is 340 g/mol. The molecule has 0 atom stereocenters. The molecule has 3 rings (SSSR count). The van der Waals surface area contributed by atoms with Crippen molar-refractivity contribution in [1.29, 1.82) is 0 Å². The van der Waals surface area contributed by atoms with E-state index in [0.717, 1.165) is 31.6 Å². The Labute approximate surface area is 148 Å². The van der Waals surface area contributed by atoms with Gasteiger partial charge in [-0.3, -0.25) is 4.79 Å². The van der Waals surface area contributed by atoms with Gasteiger partial charge in [-0.25, -0.2) is 0 Å². The zero-order chi connectivity index (χ0) is 16.9. The molecule has 0 spiro atoms. The van der Waals surface area contributed by atoms with Crippen LogP contribution in [0.15, 0.2) is 53.4 Å². The number of nitrogens with one attached hydrogen (secondary N) is 1. The lowest BCUT2D eigenvalue weighted by Gasteiger charge is -2.33. The van der Waals surface area contributed by atoms with Gasteiger partial charge in [-0.1, -0.05) is 23.8 Å². The first-order valence-corrected chi connectivity index (χ1v) is 9.65. The van der Waals surface area contributed by atoms with Gasteiger partial charge in [0.15, 0.2) is 0 Å². The number of nitrogens with zero attached hydrogens (tertiary/aromatic N) is 1. The summed E-state index contributed by atoms with van der Waals surface area (Å²) in [4.78, 5) is 16.1. The van der Waals surface area contributed by atoms with Crippen LogP contribution in [0.2, 0.25) is 0 Å². The highest BCUT2D eigenvalue weighted by molar-refractivity contribution is 7.98. The molecule has 2 aromatic carbocycles. The average Bonchev–Trinajstić information content (AvgIpc) is 2.62. The summed E-state index contributed by atoms with van der Waals surface area (Å²) >= 11 is 1.69. The van der Waals surface area contributed by atoms with Crippen LogP contribution in [0.1, 0.15) is 18.4 Å². The van der Waals surface area contributed by atoms with Crippen LogP contribution in [-0.4, -0.2) is 25.3 Å². The van der Waals surface area contributed by atoms with E-state index in [2.05, 4.69) is 47.5 Å². The van der Waals surface area contributed by atoms with Gasteiger partial charge < -0.3 is 10.2 Å². The number of rotatable bonds is 4. The van der Waals surface area contributed by atoms with Gasteiger partial charge in [0.1, 0.15) is 0 Å². The summed E-state index contributed by atoms with van der Waals surface area (Å²) in [7, 11) is 0. The maximum absolute atomic E-state index is 12.5. The smallest absolute Gasteiger partial charge is 0.227 e. The second-order valence-corrected chi connectivity index (χ2v) is 7.20. The number of carbonyl (C=O) groups excluding carboxylic acids is 1. The van der Waals surface area contributed by atoms with E-state index < -0.39 is 0 Å². The Hall–Kier alpha value is -1.94. The fraction of sp³-hybridized carbons (Fsp3) is 0.350. The van der Waals surface area contributed by atoms with E-state index in [0.29, 0.717) is 0 Å². The van der Waals surface area contributed by atoms with Crippen LogP contribution in [0.25, 0.3) is 0 Å². The van der Waals surface area contributed by atoms with Crippen molar-refractivity contribution in [2.24, 2.45) is 5.92 Å². The highest BCUT2D eigenvalue weighted by Crippen LogP contribution is 2.25. The molecule has 0 aliphatic carbocycles. The Kier molecular flexibility index (Phi) is 5.46. The molecule has 0 aromatic heterocycles. The molecular formula is C20H24N2OS. The van der Waals surface area contributed by atoms with Crippen LogP contribution < -0.4 is 10.2 Å². The molecule has 3 nitrogen and oxygen atoms in total. The van der Waals surface area contributed by atoms with Gasteiger partial charge in [-0.05, 0) is 56.4 Å². The summed E-state index contributed by atoms with van der Waals surface area (Å²) in [5, 5.41) is 3.08. The quantitative estimate of drug-likeness (QED) is 0.827. The fourth-order valence-corrected chi connectivity index (χ4v) is 3.56. The average molecular weight is 340 g/mol. The lowest BCUT2D eigenvalue weighted by atomic mass is 9.95. The molecular weight excluding hydrogens is 316 g/mol. The Morgan fingerprint density at radius 1 is 1.12 bits per heavy atom. The van der Waals surface area contributed by atoms with Crippen molar-refractivity contribution in [3.63, 3.8) is 0 Å². The number of amides is 1. The zero-order valence-electron chi connectivity index (χ0n) is 14.3.